The fourth-order valence-electron chi connectivity index (χ4n) is 5.07. The molecule has 2 bridgehead atoms. The molecular formula is C27H26BrN3O4. The molecule has 2 heterocycles. The van der Waals surface area contributed by atoms with Gasteiger partial charge in [-0.15, -0.1) is 0 Å². The molecule has 1 saturated heterocycles. The number of methoxy groups -OCH3 is 1. The molecule has 2 aliphatic heterocycles. The van der Waals surface area contributed by atoms with Gasteiger partial charge < -0.3 is 20.1 Å². The van der Waals surface area contributed by atoms with Crippen molar-refractivity contribution in [3.8, 4) is 11.5 Å². The van der Waals surface area contributed by atoms with E-state index >= 15 is 0 Å². The van der Waals surface area contributed by atoms with Crippen molar-refractivity contribution in [3.05, 3.63) is 81.8 Å². The first-order valence-electron chi connectivity index (χ1n) is 11.3. The van der Waals surface area contributed by atoms with E-state index in [1.807, 2.05) is 68.4 Å². The van der Waals surface area contributed by atoms with E-state index in [1.165, 1.54) is 4.90 Å². The predicted octanol–water partition coefficient (Wildman–Crippen LogP) is 5.71. The molecule has 8 heteroatoms. The molecule has 2 N–H and O–H groups in total. The van der Waals surface area contributed by atoms with Crippen LogP contribution in [0, 0.1) is 19.8 Å². The zero-order valence-electron chi connectivity index (χ0n) is 19.9. The van der Waals surface area contributed by atoms with Crippen LogP contribution in [0.3, 0.4) is 0 Å². The first kappa shape index (κ1) is 23.2. The summed E-state index contributed by atoms with van der Waals surface area (Å²) in [4.78, 5) is 28.9. The van der Waals surface area contributed by atoms with Gasteiger partial charge in [-0.3, -0.25) is 9.69 Å². The fourth-order valence-corrected chi connectivity index (χ4v) is 5.34. The van der Waals surface area contributed by atoms with Gasteiger partial charge in [0.1, 0.15) is 5.92 Å². The molecular weight excluding hydrogens is 510 g/mol. The smallest absolute Gasteiger partial charge is 0.325 e. The van der Waals surface area contributed by atoms with E-state index in [0.717, 1.165) is 21.3 Å². The Hall–Kier alpha value is -3.52. The Morgan fingerprint density at radius 3 is 2.57 bits per heavy atom. The minimum atomic E-state index is -1.33. The lowest BCUT2D eigenvalue weighted by Gasteiger charge is -2.54. The number of hydrogen-bond acceptors (Lipinski definition) is 4. The average Bonchev–Trinajstić information content (AvgIpc) is 2.81. The average molecular weight is 536 g/mol. The minimum absolute atomic E-state index is 0.250. The molecule has 5 rings (SSSR count). The number of urea groups is 1. The topological polar surface area (TPSA) is 79.9 Å². The van der Waals surface area contributed by atoms with Crippen LogP contribution in [0.1, 0.15) is 29.7 Å². The van der Waals surface area contributed by atoms with Gasteiger partial charge in [0.15, 0.2) is 11.5 Å². The van der Waals surface area contributed by atoms with Gasteiger partial charge in [0, 0.05) is 21.4 Å². The number of benzene rings is 3. The Morgan fingerprint density at radius 1 is 1.14 bits per heavy atom. The standard InChI is InChI=1S/C27H26BrN3O4/c1-15-8-13-20(16(2)14-15)29-25(32)22-23-19-6-5-7-21(34-4)24(19)35-27(22,3)31(26(33)30-23)18-11-9-17(28)10-12-18/h5-14,22-23H,1-4H3,(H,29,32)(H,30,33)/t22-,23+,27+/m1/s1. The van der Waals surface area contributed by atoms with Gasteiger partial charge in [0.2, 0.25) is 11.6 Å². The van der Waals surface area contributed by atoms with Crippen molar-refractivity contribution in [2.75, 3.05) is 17.3 Å². The molecule has 180 valence electrons. The van der Waals surface area contributed by atoms with Crippen LogP contribution in [0.2, 0.25) is 0 Å². The van der Waals surface area contributed by atoms with Gasteiger partial charge in [-0.05, 0) is 62.7 Å². The SMILES string of the molecule is COc1cccc2c1O[C@@]1(C)[C@@H](C(=O)Nc3ccc(C)cc3C)[C@H]2NC(=O)N1c1ccc(Br)cc1. The number of fused-ring (bicyclic) bond motifs is 4. The summed E-state index contributed by atoms with van der Waals surface area (Å²) in [5.41, 5.74) is 2.77. The van der Waals surface area contributed by atoms with Crippen LogP contribution >= 0.6 is 15.9 Å². The summed E-state index contributed by atoms with van der Waals surface area (Å²) in [6, 6.07) is 17.7. The highest BCUT2D eigenvalue weighted by atomic mass is 79.9. The summed E-state index contributed by atoms with van der Waals surface area (Å²) in [5, 5.41) is 6.14. The van der Waals surface area contributed by atoms with E-state index in [9.17, 15) is 9.59 Å². The normalized spacial score (nSPS) is 22.5. The maximum atomic E-state index is 13.9. The zero-order valence-corrected chi connectivity index (χ0v) is 21.5. The molecule has 3 aromatic carbocycles. The Balaban J connectivity index is 1.64. The van der Waals surface area contributed by atoms with Crippen molar-refractivity contribution < 1.29 is 19.1 Å². The third kappa shape index (κ3) is 3.82. The predicted molar refractivity (Wildman–Crippen MR) is 138 cm³/mol. The number of carbonyl (C=O) groups is 2. The highest BCUT2D eigenvalue weighted by Crippen LogP contribution is 2.52. The largest absolute Gasteiger partial charge is 0.493 e. The number of nitrogens with one attached hydrogen (secondary N) is 2. The molecule has 3 aromatic rings. The molecule has 2 aliphatic rings. The molecule has 3 amide bonds. The summed E-state index contributed by atoms with van der Waals surface area (Å²) in [6.45, 7) is 5.75. The number of ether oxygens (including phenoxy) is 2. The number of nitrogens with zero attached hydrogens (tertiary/aromatic N) is 1. The van der Waals surface area contributed by atoms with Crippen molar-refractivity contribution in [2.24, 2.45) is 5.92 Å². The third-order valence-electron chi connectivity index (χ3n) is 6.72. The van der Waals surface area contributed by atoms with Gasteiger partial charge >= 0.3 is 6.03 Å². The van der Waals surface area contributed by atoms with E-state index in [1.54, 1.807) is 20.1 Å². The number of para-hydroxylation sites is 1. The van der Waals surface area contributed by atoms with Crippen LogP contribution in [0.25, 0.3) is 0 Å². The summed E-state index contributed by atoms with van der Waals surface area (Å²) < 4.78 is 13.0. The van der Waals surface area contributed by atoms with Crippen LogP contribution < -0.4 is 25.0 Å². The first-order chi connectivity index (χ1) is 16.7. The highest BCUT2D eigenvalue weighted by Gasteiger charge is 2.60. The van der Waals surface area contributed by atoms with Crippen LogP contribution in [0.15, 0.2) is 65.1 Å². The number of amides is 3. The van der Waals surface area contributed by atoms with Crippen molar-refractivity contribution in [3.63, 3.8) is 0 Å². The van der Waals surface area contributed by atoms with Crippen LogP contribution in [-0.2, 0) is 4.79 Å². The Bertz CT molecular complexity index is 1330. The summed E-state index contributed by atoms with van der Waals surface area (Å²) >= 11 is 3.44. The Morgan fingerprint density at radius 2 is 1.89 bits per heavy atom. The lowest BCUT2D eigenvalue weighted by molar-refractivity contribution is -0.131. The quantitative estimate of drug-likeness (QED) is 0.448. The molecule has 0 aromatic heterocycles. The maximum absolute atomic E-state index is 13.9. The molecule has 0 saturated carbocycles. The summed E-state index contributed by atoms with van der Waals surface area (Å²) in [5.74, 6) is 0.0447. The van der Waals surface area contributed by atoms with Crippen molar-refractivity contribution in [1.82, 2.24) is 5.32 Å². The molecule has 1 fully saturated rings. The summed E-state index contributed by atoms with van der Waals surface area (Å²) in [6.07, 6.45) is 0. The van der Waals surface area contributed by atoms with E-state index in [4.69, 9.17) is 9.47 Å². The molecule has 35 heavy (non-hydrogen) atoms. The van der Waals surface area contributed by atoms with Gasteiger partial charge in [0.25, 0.3) is 0 Å². The van der Waals surface area contributed by atoms with Gasteiger partial charge in [-0.2, -0.15) is 0 Å². The number of anilines is 2. The summed E-state index contributed by atoms with van der Waals surface area (Å²) in [7, 11) is 1.57. The van der Waals surface area contributed by atoms with Gasteiger partial charge in [-0.1, -0.05) is 45.8 Å². The van der Waals surface area contributed by atoms with Crippen LogP contribution in [-0.4, -0.2) is 24.8 Å². The maximum Gasteiger partial charge on any atom is 0.325 e. The van der Waals surface area contributed by atoms with E-state index in [0.29, 0.717) is 22.7 Å². The molecule has 0 aliphatic carbocycles. The minimum Gasteiger partial charge on any atom is -0.493 e. The molecule has 0 radical (unpaired) electrons. The Kier molecular flexibility index (Phi) is 5.71. The van der Waals surface area contributed by atoms with Crippen molar-refractivity contribution in [2.45, 2.75) is 32.5 Å². The third-order valence-corrected chi connectivity index (χ3v) is 7.25. The molecule has 0 spiro atoms. The van der Waals surface area contributed by atoms with Crippen molar-refractivity contribution >= 4 is 39.2 Å². The molecule has 0 unspecified atom stereocenters. The van der Waals surface area contributed by atoms with Crippen LogP contribution in [0.5, 0.6) is 11.5 Å². The zero-order chi connectivity index (χ0) is 24.9. The second-order valence-electron chi connectivity index (χ2n) is 9.06. The number of aryl methyl sites for hydroxylation is 2. The number of halogens is 1. The lowest BCUT2D eigenvalue weighted by Crippen LogP contribution is -2.72. The van der Waals surface area contributed by atoms with Crippen molar-refractivity contribution in [1.29, 1.82) is 0 Å². The van der Waals surface area contributed by atoms with Gasteiger partial charge in [-0.25, -0.2) is 4.79 Å². The first-order valence-corrected chi connectivity index (χ1v) is 12.1. The number of rotatable bonds is 4. The monoisotopic (exact) mass is 535 g/mol. The van der Waals surface area contributed by atoms with Crippen LogP contribution in [0.4, 0.5) is 16.2 Å². The van der Waals surface area contributed by atoms with E-state index in [-0.39, 0.29) is 11.9 Å². The number of hydrogen-bond donors (Lipinski definition) is 2. The second kappa shape index (κ2) is 8.61. The lowest BCUT2D eigenvalue weighted by atomic mass is 9.78. The second-order valence-corrected chi connectivity index (χ2v) is 9.98. The van der Waals surface area contributed by atoms with E-state index in [2.05, 4.69) is 26.6 Å². The van der Waals surface area contributed by atoms with Gasteiger partial charge in [0.05, 0.1) is 13.2 Å². The van der Waals surface area contributed by atoms with E-state index < -0.39 is 17.7 Å². The number of carbonyl (C=O) groups excluding carboxylic acids is 2. The fraction of sp³-hybridized carbons (Fsp3) is 0.259. The Labute approximate surface area is 212 Å². The highest BCUT2D eigenvalue weighted by molar-refractivity contribution is 9.10. The molecule has 7 nitrogen and oxygen atoms in total. The molecule has 3 atom stereocenters.